The number of rotatable bonds is 23. The summed E-state index contributed by atoms with van der Waals surface area (Å²) >= 11 is 0. The maximum Gasteiger partial charge on any atom is 0.187 e. The molecule has 21 heteroatoms. The number of methoxy groups -OCH3 is 13. The van der Waals surface area contributed by atoms with Crippen LogP contribution >= 0.6 is 0 Å². The van der Waals surface area contributed by atoms with Gasteiger partial charge in [0.05, 0.1) is 26.4 Å². The van der Waals surface area contributed by atoms with Crippen LogP contribution in [0.2, 0.25) is 0 Å². The third-order valence-electron chi connectivity index (χ3n) is 11.0. The first-order valence-corrected chi connectivity index (χ1v) is 19.1. The van der Waals surface area contributed by atoms with Gasteiger partial charge in [-0.1, -0.05) is 0 Å². The molecular weight excluding hydrogens is 780 g/mol. The molecule has 4 fully saturated rings. The van der Waals surface area contributed by atoms with Crippen LogP contribution in [0.1, 0.15) is 0 Å². The largest absolute Gasteiger partial charge is 0.382 e. The first-order chi connectivity index (χ1) is 28.1. The van der Waals surface area contributed by atoms with Crippen LogP contribution in [-0.4, -0.2) is 247 Å². The molecule has 0 spiro atoms. The summed E-state index contributed by atoms with van der Waals surface area (Å²) in [7, 11) is 19.8. The Kier molecular flexibility index (Phi) is 21.2. The molecule has 0 bridgehead atoms. The molecule has 0 aromatic rings. The lowest BCUT2D eigenvalue weighted by atomic mass is 9.95. The van der Waals surface area contributed by atoms with E-state index in [4.69, 9.17) is 94.7 Å². The van der Waals surface area contributed by atoms with Crippen LogP contribution in [0.15, 0.2) is 0 Å². The summed E-state index contributed by atoms with van der Waals surface area (Å²) in [6, 6.07) is 0. The van der Waals surface area contributed by atoms with Crippen molar-refractivity contribution in [1.29, 1.82) is 0 Å². The van der Waals surface area contributed by atoms with Crippen LogP contribution in [0.5, 0.6) is 0 Å². The van der Waals surface area contributed by atoms with Gasteiger partial charge in [-0.25, -0.2) is 0 Å². The van der Waals surface area contributed by atoms with E-state index in [9.17, 15) is 5.11 Å². The summed E-state index contributed by atoms with van der Waals surface area (Å²) in [5, 5.41) is 10.7. The van der Waals surface area contributed by atoms with E-state index in [0.717, 1.165) is 0 Å². The van der Waals surface area contributed by atoms with E-state index in [2.05, 4.69) is 0 Å². The van der Waals surface area contributed by atoms with Gasteiger partial charge >= 0.3 is 0 Å². The number of aliphatic hydroxyl groups is 1. The normalized spacial score (nSPS) is 43.8. The van der Waals surface area contributed by atoms with E-state index in [1.165, 1.54) is 64.0 Å². The molecule has 4 saturated heterocycles. The van der Waals surface area contributed by atoms with E-state index >= 15 is 0 Å². The fourth-order valence-corrected chi connectivity index (χ4v) is 8.36. The Morgan fingerprint density at radius 1 is 0.293 bits per heavy atom. The lowest BCUT2D eigenvalue weighted by Gasteiger charge is -2.51. The van der Waals surface area contributed by atoms with Gasteiger partial charge in [0.15, 0.2) is 25.2 Å². The fourth-order valence-electron chi connectivity index (χ4n) is 8.36. The van der Waals surface area contributed by atoms with E-state index in [1.807, 2.05) is 0 Å². The number of hydrogen-bond donors (Lipinski definition) is 1. The average molecular weight is 849 g/mol. The molecule has 0 radical (unpaired) electrons. The Labute approximate surface area is 341 Å². The van der Waals surface area contributed by atoms with Crippen LogP contribution < -0.4 is 0 Å². The molecule has 342 valence electrons. The number of hydrogen-bond acceptors (Lipinski definition) is 21. The van der Waals surface area contributed by atoms with Crippen molar-refractivity contribution in [2.75, 3.05) is 119 Å². The Balaban J connectivity index is 1.62. The van der Waals surface area contributed by atoms with Gasteiger partial charge in [0, 0.05) is 92.4 Å². The molecule has 0 saturated carbocycles. The maximum absolute atomic E-state index is 10.7. The molecular formula is C37H68O21. The highest BCUT2D eigenvalue weighted by atomic mass is 16.8. The predicted octanol–water partition coefficient (Wildman–Crippen LogP) is -1.25. The highest BCUT2D eigenvalue weighted by Crippen LogP contribution is 2.38. The predicted molar refractivity (Wildman–Crippen MR) is 196 cm³/mol. The molecule has 1 unspecified atom stereocenters. The third-order valence-corrected chi connectivity index (χ3v) is 11.0. The minimum atomic E-state index is -1.30. The van der Waals surface area contributed by atoms with E-state index in [-0.39, 0.29) is 26.4 Å². The van der Waals surface area contributed by atoms with Crippen molar-refractivity contribution in [3.05, 3.63) is 0 Å². The van der Waals surface area contributed by atoms with Crippen molar-refractivity contribution in [2.24, 2.45) is 0 Å². The summed E-state index contributed by atoms with van der Waals surface area (Å²) in [6.07, 6.45) is -16.8. The molecule has 20 atom stereocenters. The highest BCUT2D eigenvalue weighted by Gasteiger charge is 2.57. The van der Waals surface area contributed by atoms with E-state index in [0.29, 0.717) is 0 Å². The van der Waals surface area contributed by atoms with Gasteiger partial charge < -0.3 is 99.8 Å². The Morgan fingerprint density at radius 2 is 0.534 bits per heavy atom. The molecule has 4 aliphatic rings. The Hall–Kier alpha value is -0.840. The summed E-state index contributed by atoms with van der Waals surface area (Å²) in [5.41, 5.74) is 0. The van der Waals surface area contributed by atoms with Crippen molar-refractivity contribution in [3.63, 3.8) is 0 Å². The minimum Gasteiger partial charge on any atom is -0.382 e. The molecule has 0 aromatic heterocycles. The molecule has 4 aliphatic heterocycles. The minimum absolute atomic E-state index is 0.0467. The van der Waals surface area contributed by atoms with Crippen LogP contribution in [-0.2, 0) is 94.7 Å². The Bertz CT molecular complexity index is 1130. The summed E-state index contributed by atoms with van der Waals surface area (Å²) in [5.74, 6) is 0. The van der Waals surface area contributed by atoms with Gasteiger partial charge in [-0.2, -0.15) is 0 Å². The zero-order chi connectivity index (χ0) is 42.5. The van der Waals surface area contributed by atoms with E-state index < -0.39 is 123 Å². The quantitative estimate of drug-likeness (QED) is 0.128. The SMILES string of the molecule is COC[C@H]1O[C@@H](O[C@H]2[C@H](OC)[C@@H](OC)[C@H](O[C@H]3[C@H](OC)[C@@H](OC)[C@H](O[C@H]4[C@H](OC)[C@@H](OC)C(O)O[C@@H]4COC)O[C@@H]3COC)O[C@@H]2COC)[C@H](OC)[C@@H](OC)[C@@H]1OC. The molecule has 21 nitrogen and oxygen atoms in total. The molecule has 0 aromatic carbocycles. The highest BCUT2D eigenvalue weighted by molar-refractivity contribution is 5.00. The lowest BCUT2D eigenvalue weighted by molar-refractivity contribution is -0.394. The zero-order valence-electron chi connectivity index (χ0n) is 36.0. The smallest absolute Gasteiger partial charge is 0.187 e. The van der Waals surface area contributed by atoms with E-state index in [1.54, 1.807) is 28.4 Å². The van der Waals surface area contributed by atoms with Crippen LogP contribution in [0.4, 0.5) is 0 Å². The molecule has 4 rings (SSSR count). The van der Waals surface area contributed by atoms with Crippen molar-refractivity contribution >= 4 is 0 Å². The molecule has 0 aliphatic carbocycles. The van der Waals surface area contributed by atoms with Crippen molar-refractivity contribution in [1.82, 2.24) is 0 Å². The standard InChI is InChI=1S/C37H68O21/c1-39-14-18-22(43-5)26(44-6)31(49-11)35(53-18)57-24-20(16-41-3)55-37(33(51-13)28(24)46-8)58-25-21(17-42-4)54-36(32(50-12)29(25)47-9)56-23-19(15-40-2)52-34(38)30(48-10)27(23)45-7/h18-38H,14-17H2,1-13H3/t18-,19-,20-,21-,22-,23-,24-,25-,26+,27+,28+,29+,30-,31-,32-,33-,34?,35+,36+,37+/m1/s1. The van der Waals surface area contributed by atoms with Gasteiger partial charge in [0.1, 0.15) is 97.7 Å². The lowest BCUT2D eigenvalue weighted by Crippen LogP contribution is -2.68. The van der Waals surface area contributed by atoms with Gasteiger partial charge in [-0.15, -0.1) is 0 Å². The van der Waals surface area contributed by atoms with Crippen molar-refractivity contribution in [3.8, 4) is 0 Å². The molecule has 0 amide bonds. The third kappa shape index (κ3) is 11.0. The molecule has 4 heterocycles. The average Bonchev–Trinajstić information content (AvgIpc) is 3.22. The van der Waals surface area contributed by atoms with Crippen LogP contribution in [0.3, 0.4) is 0 Å². The topological polar surface area (TPSA) is 205 Å². The monoisotopic (exact) mass is 848 g/mol. The summed E-state index contributed by atoms with van der Waals surface area (Å²) in [4.78, 5) is 0. The maximum atomic E-state index is 10.7. The fraction of sp³-hybridized carbons (Fsp3) is 1.00. The van der Waals surface area contributed by atoms with Crippen LogP contribution in [0, 0.1) is 0 Å². The molecule has 58 heavy (non-hydrogen) atoms. The summed E-state index contributed by atoms with van der Waals surface area (Å²) < 4.78 is 121. The van der Waals surface area contributed by atoms with Crippen LogP contribution in [0.25, 0.3) is 0 Å². The Morgan fingerprint density at radius 3 is 0.810 bits per heavy atom. The second-order valence-corrected chi connectivity index (χ2v) is 14.1. The van der Waals surface area contributed by atoms with Gasteiger partial charge in [0.2, 0.25) is 0 Å². The second-order valence-electron chi connectivity index (χ2n) is 14.1. The second kappa shape index (κ2) is 24.7. The van der Waals surface area contributed by atoms with Gasteiger partial charge in [0.25, 0.3) is 0 Å². The summed E-state index contributed by atoms with van der Waals surface area (Å²) in [6.45, 7) is 0.389. The first-order valence-electron chi connectivity index (χ1n) is 19.1. The molecule has 1 N–H and O–H groups in total. The van der Waals surface area contributed by atoms with Gasteiger partial charge in [-0.3, -0.25) is 0 Å². The number of aliphatic hydroxyl groups excluding tert-OH is 1. The number of ether oxygens (including phenoxy) is 20. The first kappa shape index (κ1) is 49.8. The van der Waals surface area contributed by atoms with Crippen molar-refractivity contribution < 1.29 is 99.8 Å². The van der Waals surface area contributed by atoms with Crippen molar-refractivity contribution in [2.45, 2.75) is 123 Å². The van der Waals surface area contributed by atoms with Gasteiger partial charge in [-0.05, 0) is 0 Å². The zero-order valence-corrected chi connectivity index (χ0v) is 36.0.